The van der Waals surface area contributed by atoms with Crippen LogP contribution in [-0.2, 0) is 4.79 Å². The summed E-state index contributed by atoms with van der Waals surface area (Å²) in [6.45, 7) is 1.66. The van der Waals surface area contributed by atoms with Gasteiger partial charge < -0.3 is 9.47 Å². The maximum Gasteiger partial charge on any atom is 0.194 e. The Bertz CT molecular complexity index is 915. The van der Waals surface area contributed by atoms with Gasteiger partial charge in [-0.05, 0) is 48.9 Å². The van der Waals surface area contributed by atoms with E-state index in [0.29, 0.717) is 17.1 Å². The van der Waals surface area contributed by atoms with Crippen molar-refractivity contribution < 1.29 is 14.3 Å². The minimum absolute atomic E-state index is 0.270. The third kappa shape index (κ3) is 4.74. The lowest BCUT2D eigenvalue weighted by atomic mass is 9.93. The molecule has 3 aromatic rings. The van der Waals surface area contributed by atoms with Crippen molar-refractivity contribution in [2.75, 3.05) is 0 Å². The molecule has 0 radical (unpaired) electrons. The lowest BCUT2D eigenvalue weighted by molar-refractivity contribution is -0.125. The van der Waals surface area contributed by atoms with Gasteiger partial charge in [-0.3, -0.25) is 4.79 Å². The number of ether oxygens (including phenoxy) is 2. The standard InChI is InChI=1S/C23H19NO3/c1-17(23(25)22(16-24)18-8-4-2-5-9-18)26-20-12-14-21(15-13-20)27-19-10-6-3-7-11-19/h2-15,17,22H,1H3. The summed E-state index contributed by atoms with van der Waals surface area (Å²) >= 11 is 0. The van der Waals surface area contributed by atoms with E-state index < -0.39 is 12.0 Å². The van der Waals surface area contributed by atoms with Crippen molar-refractivity contribution in [2.45, 2.75) is 18.9 Å². The Morgan fingerprint density at radius 3 is 1.93 bits per heavy atom. The second-order valence-electron chi connectivity index (χ2n) is 6.02. The van der Waals surface area contributed by atoms with Crippen LogP contribution < -0.4 is 9.47 Å². The molecule has 4 nitrogen and oxygen atoms in total. The van der Waals surface area contributed by atoms with Crippen LogP contribution >= 0.6 is 0 Å². The topological polar surface area (TPSA) is 59.3 Å². The molecular weight excluding hydrogens is 338 g/mol. The number of hydrogen-bond donors (Lipinski definition) is 0. The Balaban J connectivity index is 1.64. The summed E-state index contributed by atoms with van der Waals surface area (Å²) in [5.74, 6) is 0.845. The van der Waals surface area contributed by atoms with Gasteiger partial charge in [-0.15, -0.1) is 0 Å². The molecule has 0 saturated carbocycles. The van der Waals surface area contributed by atoms with Crippen LogP contribution in [0.2, 0.25) is 0 Å². The SMILES string of the molecule is CC(Oc1ccc(Oc2ccccc2)cc1)C(=O)C(C#N)c1ccccc1. The van der Waals surface area contributed by atoms with Crippen molar-refractivity contribution in [3.05, 3.63) is 90.5 Å². The first-order valence-corrected chi connectivity index (χ1v) is 8.65. The van der Waals surface area contributed by atoms with Crippen molar-refractivity contribution in [3.63, 3.8) is 0 Å². The summed E-state index contributed by atoms with van der Waals surface area (Å²) in [6.07, 6.45) is -0.740. The number of Topliss-reactive ketones (excluding diaryl/α,β-unsaturated/α-hetero) is 1. The maximum atomic E-state index is 12.6. The van der Waals surface area contributed by atoms with Crippen LogP contribution in [0.5, 0.6) is 17.2 Å². The summed E-state index contributed by atoms with van der Waals surface area (Å²) in [7, 11) is 0. The lowest BCUT2D eigenvalue weighted by Gasteiger charge is -2.17. The third-order valence-corrected chi connectivity index (χ3v) is 4.06. The number of ketones is 1. The maximum absolute atomic E-state index is 12.6. The summed E-state index contributed by atoms with van der Waals surface area (Å²) in [6, 6.07) is 27.6. The van der Waals surface area contributed by atoms with Gasteiger partial charge in [-0.1, -0.05) is 48.5 Å². The fraction of sp³-hybridized carbons (Fsp3) is 0.130. The molecule has 134 valence electrons. The molecule has 0 bridgehead atoms. The first-order valence-electron chi connectivity index (χ1n) is 8.65. The molecule has 0 amide bonds. The molecule has 0 aromatic heterocycles. The van der Waals surface area contributed by atoms with Crippen molar-refractivity contribution in [2.24, 2.45) is 0 Å². The Morgan fingerprint density at radius 1 is 0.815 bits per heavy atom. The van der Waals surface area contributed by atoms with Gasteiger partial charge in [0.1, 0.15) is 23.2 Å². The molecule has 2 atom stereocenters. The summed E-state index contributed by atoms with van der Waals surface area (Å²) < 4.78 is 11.5. The van der Waals surface area contributed by atoms with Crippen molar-refractivity contribution in [1.29, 1.82) is 5.26 Å². The second-order valence-corrected chi connectivity index (χ2v) is 6.02. The van der Waals surface area contributed by atoms with Gasteiger partial charge in [0, 0.05) is 0 Å². The normalized spacial score (nSPS) is 12.4. The highest BCUT2D eigenvalue weighted by Crippen LogP contribution is 2.25. The number of carbonyl (C=O) groups is 1. The number of rotatable bonds is 7. The van der Waals surface area contributed by atoms with Crippen molar-refractivity contribution in [3.8, 4) is 23.3 Å². The number of hydrogen-bond acceptors (Lipinski definition) is 4. The first-order chi connectivity index (χ1) is 13.2. The van der Waals surface area contributed by atoms with Gasteiger partial charge in [-0.25, -0.2) is 0 Å². The number of nitrogens with zero attached hydrogens (tertiary/aromatic N) is 1. The smallest absolute Gasteiger partial charge is 0.194 e. The van der Waals surface area contributed by atoms with Gasteiger partial charge in [0.2, 0.25) is 0 Å². The minimum atomic E-state index is -0.845. The molecule has 27 heavy (non-hydrogen) atoms. The monoisotopic (exact) mass is 357 g/mol. The molecule has 0 aliphatic rings. The van der Waals surface area contributed by atoms with Crippen LogP contribution in [0.25, 0.3) is 0 Å². The molecule has 3 aromatic carbocycles. The molecule has 0 saturated heterocycles. The zero-order chi connectivity index (χ0) is 19.1. The Morgan fingerprint density at radius 2 is 1.33 bits per heavy atom. The lowest BCUT2D eigenvalue weighted by Crippen LogP contribution is -2.28. The minimum Gasteiger partial charge on any atom is -0.483 e. The summed E-state index contributed by atoms with van der Waals surface area (Å²) in [4.78, 5) is 12.6. The molecule has 0 aliphatic heterocycles. The van der Waals surface area contributed by atoms with Crippen LogP contribution in [0.3, 0.4) is 0 Å². The van der Waals surface area contributed by atoms with E-state index in [4.69, 9.17) is 9.47 Å². The van der Waals surface area contributed by atoms with E-state index in [1.54, 1.807) is 43.3 Å². The Labute approximate surface area is 158 Å². The molecule has 2 unspecified atom stereocenters. The predicted molar refractivity (Wildman–Crippen MR) is 103 cm³/mol. The van der Waals surface area contributed by atoms with E-state index in [1.165, 1.54) is 0 Å². The van der Waals surface area contributed by atoms with Crippen molar-refractivity contribution in [1.82, 2.24) is 0 Å². The molecule has 0 fully saturated rings. The average Bonchev–Trinajstić information content (AvgIpc) is 2.71. The van der Waals surface area contributed by atoms with E-state index in [2.05, 4.69) is 6.07 Å². The zero-order valence-electron chi connectivity index (χ0n) is 14.9. The largest absolute Gasteiger partial charge is 0.483 e. The fourth-order valence-corrected chi connectivity index (χ4v) is 2.66. The van der Waals surface area contributed by atoms with Crippen LogP contribution in [0, 0.1) is 11.3 Å². The number of carbonyl (C=O) groups excluding carboxylic acids is 1. The molecule has 0 spiro atoms. The van der Waals surface area contributed by atoms with Crippen molar-refractivity contribution >= 4 is 5.78 Å². The predicted octanol–water partition coefficient (Wildman–Crippen LogP) is 5.12. The summed E-state index contributed by atoms with van der Waals surface area (Å²) in [5, 5.41) is 9.40. The number of para-hydroxylation sites is 1. The van der Waals surface area contributed by atoms with Gasteiger partial charge in [-0.2, -0.15) is 5.26 Å². The number of benzene rings is 3. The molecular formula is C23H19NO3. The molecule has 3 rings (SSSR count). The molecule has 0 heterocycles. The molecule has 0 N–H and O–H groups in total. The van der Waals surface area contributed by atoms with Gasteiger partial charge >= 0.3 is 0 Å². The van der Waals surface area contributed by atoms with Crippen LogP contribution in [0.4, 0.5) is 0 Å². The highest BCUT2D eigenvalue weighted by Gasteiger charge is 2.26. The van der Waals surface area contributed by atoms with E-state index >= 15 is 0 Å². The fourth-order valence-electron chi connectivity index (χ4n) is 2.66. The molecule has 4 heteroatoms. The average molecular weight is 357 g/mol. The highest BCUT2D eigenvalue weighted by atomic mass is 16.5. The van der Waals surface area contributed by atoms with Gasteiger partial charge in [0.25, 0.3) is 0 Å². The third-order valence-electron chi connectivity index (χ3n) is 4.06. The van der Waals surface area contributed by atoms with E-state index in [-0.39, 0.29) is 5.78 Å². The van der Waals surface area contributed by atoms with E-state index in [1.807, 2.05) is 48.5 Å². The van der Waals surface area contributed by atoms with Crippen LogP contribution in [-0.4, -0.2) is 11.9 Å². The Hall–Kier alpha value is -3.58. The Kier molecular flexibility index (Phi) is 5.86. The number of nitriles is 1. The highest BCUT2D eigenvalue weighted by molar-refractivity contribution is 5.92. The quantitative estimate of drug-likeness (QED) is 0.589. The van der Waals surface area contributed by atoms with Gasteiger partial charge in [0.05, 0.1) is 6.07 Å². The summed E-state index contributed by atoms with van der Waals surface area (Å²) in [5.41, 5.74) is 0.673. The van der Waals surface area contributed by atoms with Gasteiger partial charge in [0.15, 0.2) is 11.9 Å². The van der Waals surface area contributed by atoms with E-state index in [0.717, 1.165) is 5.75 Å². The van der Waals surface area contributed by atoms with Crippen LogP contribution in [0.15, 0.2) is 84.9 Å². The first kappa shape index (κ1) is 18.2. The second kappa shape index (κ2) is 8.68. The van der Waals surface area contributed by atoms with Crippen LogP contribution in [0.1, 0.15) is 18.4 Å². The van der Waals surface area contributed by atoms with E-state index in [9.17, 15) is 10.1 Å². The zero-order valence-corrected chi connectivity index (χ0v) is 14.9. The molecule has 0 aliphatic carbocycles.